The highest BCUT2D eigenvalue weighted by molar-refractivity contribution is 7.92. The number of anilines is 2. The fraction of sp³-hybridized carbons (Fsp3) is 0.150. The molecule has 4 N–H and O–H groups in total. The summed E-state index contributed by atoms with van der Waals surface area (Å²) in [7, 11) is -2.43. The third kappa shape index (κ3) is 4.59. The van der Waals surface area contributed by atoms with Crippen molar-refractivity contribution in [3.63, 3.8) is 0 Å². The molecule has 0 aliphatic rings. The molecule has 7 nitrogen and oxygen atoms in total. The normalized spacial score (nSPS) is 11.1. The van der Waals surface area contributed by atoms with Crippen LogP contribution in [0.15, 0.2) is 71.9 Å². The molecule has 0 amide bonds. The zero-order valence-corrected chi connectivity index (χ0v) is 16.2. The first-order valence-corrected chi connectivity index (χ1v) is 10.2. The van der Waals surface area contributed by atoms with Crippen LogP contribution in [0.5, 0.6) is 5.75 Å². The molecule has 0 radical (unpaired) electrons. The molecule has 0 bridgehead atoms. The molecule has 8 heteroatoms. The minimum atomic E-state index is -3.87. The maximum atomic E-state index is 13.0. The summed E-state index contributed by atoms with van der Waals surface area (Å²) in [5, 5.41) is 3.12. The fourth-order valence-corrected chi connectivity index (χ4v) is 3.96. The summed E-state index contributed by atoms with van der Waals surface area (Å²) in [6, 6.07) is 15.7. The van der Waals surface area contributed by atoms with Gasteiger partial charge < -0.3 is 15.8 Å². The van der Waals surface area contributed by atoms with E-state index in [-0.39, 0.29) is 10.6 Å². The lowest BCUT2D eigenvalue weighted by Gasteiger charge is -2.14. The number of sulfonamides is 1. The predicted molar refractivity (Wildman–Crippen MR) is 111 cm³/mol. The summed E-state index contributed by atoms with van der Waals surface area (Å²) in [4.78, 5) is 4.14. The van der Waals surface area contributed by atoms with Crippen LogP contribution >= 0.6 is 0 Å². The molecule has 28 heavy (non-hydrogen) atoms. The summed E-state index contributed by atoms with van der Waals surface area (Å²) in [5.41, 5.74) is 8.26. The van der Waals surface area contributed by atoms with Crippen LogP contribution in [0.4, 0.5) is 11.4 Å². The van der Waals surface area contributed by atoms with Crippen molar-refractivity contribution < 1.29 is 13.2 Å². The molecule has 0 unspecified atom stereocenters. The molecule has 0 aliphatic heterocycles. The van der Waals surface area contributed by atoms with E-state index in [0.29, 0.717) is 18.8 Å². The molecule has 0 spiro atoms. The standard InChI is InChI=1S/C20H22N4O3S/c1-27-19-8-7-15(16-4-3-10-22-14-16)12-20(19)28(25,26)24-18-6-2-5-17(13-18)23-11-9-21/h2-8,10,12-14,23-24H,9,11,21H2,1H3. The molecule has 0 saturated carbocycles. The number of nitrogens with two attached hydrogens (primary N) is 1. The van der Waals surface area contributed by atoms with Gasteiger partial charge in [-0.2, -0.15) is 0 Å². The Hall–Kier alpha value is -3.10. The van der Waals surface area contributed by atoms with Gasteiger partial charge in [0.25, 0.3) is 10.0 Å². The van der Waals surface area contributed by atoms with Crippen molar-refractivity contribution in [2.24, 2.45) is 5.73 Å². The number of methoxy groups -OCH3 is 1. The Morgan fingerprint density at radius 3 is 2.57 bits per heavy atom. The fourth-order valence-electron chi connectivity index (χ4n) is 2.72. The number of pyridine rings is 1. The molecule has 0 fully saturated rings. The molecule has 2 aromatic carbocycles. The summed E-state index contributed by atoms with van der Waals surface area (Å²) >= 11 is 0. The third-order valence-electron chi connectivity index (χ3n) is 4.04. The van der Waals surface area contributed by atoms with Gasteiger partial charge in [0.15, 0.2) is 0 Å². The number of aromatic nitrogens is 1. The van der Waals surface area contributed by atoms with Crippen molar-refractivity contribution in [2.75, 3.05) is 30.2 Å². The first-order valence-electron chi connectivity index (χ1n) is 8.69. The van der Waals surface area contributed by atoms with Crippen LogP contribution in [-0.4, -0.2) is 33.6 Å². The lowest BCUT2D eigenvalue weighted by molar-refractivity contribution is 0.403. The molecular weight excluding hydrogens is 376 g/mol. The van der Waals surface area contributed by atoms with E-state index in [1.807, 2.05) is 12.1 Å². The molecule has 1 heterocycles. The zero-order valence-electron chi connectivity index (χ0n) is 15.4. The summed E-state index contributed by atoms with van der Waals surface area (Å²) in [6.45, 7) is 1.07. The second kappa shape index (κ2) is 8.73. The van der Waals surface area contributed by atoms with Crippen molar-refractivity contribution in [2.45, 2.75) is 4.90 Å². The van der Waals surface area contributed by atoms with Crippen LogP contribution in [0, 0.1) is 0 Å². The smallest absolute Gasteiger partial charge is 0.265 e. The molecule has 146 valence electrons. The highest BCUT2D eigenvalue weighted by Crippen LogP contribution is 2.31. The lowest BCUT2D eigenvalue weighted by Crippen LogP contribution is -2.15. The number of benzene rings is 2. The summed E-state index contributed by atoms with van der Waals surface area (Å²) < 4.78 is 34.0. The Balaban J connectivity index is 1.95. The first-order chi connectivity index (χ1) is 13.5. The largest absolute Gasteiger partial charge is 0.495 e. The minimum Gasteiger partial charge on any atom is -0.495 e. The SMILES string of the molecule is COc1ccc(-c2cccnc2)cc1S(=O)(=O)Nc1cccc(NCCN)c1. The number of nitrogens with one attached hydrogen (secondary N) is 2. The Kier molecular flexibility index (Phi) is 6.13. The van der Waals surface area contributed by atoms with E-state index in [2.05, 4.69) is 15.0 Å². The van der Waals surface area contributed by atoms with E-state index < -0.39 is 10.0 Å². The van der Waals surface area contributed by atoms with Gasteiger partial charge in [0, 0.05) is 36.7 Å². The lowest BCUT2D eigenvalue weighted by atomic mass is 10.1. The molecule has 3 rings (SSSR count). The van der Waals surface area contributed by atoms with Crippen LogP contribution in [0.1, 0.15) is 0 Å². The highest BCUT2D eigenvalue weighted by Gasteiger charge is 2.21. The molecule has 0 atom stereocenters. The van der Waals surface area contributed by atoms with Crippen LogP contribution in [0.25, 0.3) is 11.1 Å². The monoisotopic (exact) mass is 398 g/mol. The van der Waals surface area contributed by atoms with Gasteiger partial charge in [-0.15, -0.1) is 0 Å². The zero-order chi connectivity index (χ0) is 20.0. The van der Waals surface area contributed by atoms with Crippen molar-refractivity contribution in [3.8, 4) is 16.9 Å². The van der Waals surface area contributed by atoms with Gasteiger partial charge >= 0.3 is 0 Å². The number of hydrogen-bond acceptors (Lipinski definition) is 6. The van der Waals surface area contributed by atoms with Crippen molar-refractivity contribution in [3.05, 3.63) is 67.0 Å². The first kappa shape index (κ1) is 19.7. The maximum Gasteiger partial charge on any atom is 0.265 e. The highest BCUT2D eigenvalue weighted by atomic mass is 32.2. The number of hydrogen-bond donors (Lipinski definition) is 3. The average molecular weight is 398 g/mol. The quantitative estimate of drug-likeness (QED) is 0.539. The van der Waals surface area contributed by atoms with Crippen LogP contribution in [0.2, 0.25) is 0 Å². The third-order valence-corrected chi connectivity index (χ3v) is 5.44. The molecule has 0 saturated heterocycles. The average Bonchev–Trinajstić information content (AvgIpc) is 2.72. The van der Waals surface area contributed by atoms with E-state index in [1.165, 1.54) is 7.11 Å². The van der Waals surface area contributed by atoms with Crippen LogP contribution in [-0.2, 0) is 10.0 Å². The van der Waals surface area contributed by atoms with E-state index in [0.717, 1.165) is 16.8 Å². The second-order valence-corrected chi connectivity index (χ2v) is 7.66. The minimum absolute atomic E-state index is 0.0525. The molecule has 3 aromatic rings. The van der Waals surface area contributed by atoms with Crippen LogP contribution < -0.4 is 20.5 Å². The van der Waals surface area contributed by atoms with Gasteiger partial charge in [0.05, 0.1) is 12.8 Å². The van der Waals surface area contributed by atoms with Crippen molar-refractivity contribution >= 4 is 21.4 Å². The van der Waals surface area contributed by atoms with E-state index in [4.69, 9.17) is 10.5 Å². The Labute approximate surface area is 164 Å². The maximum absolute atomic E-state index is 13.0. The summed E-state index contributed by atoms with van der Waals surface area (Å²) in [5.74, 6) is 0.262. The molecule has 0 aliphatic carbocycles. The Morgan fingerprint density at radius 2 is 1.86 bits per heavy atom. The number of nitrogens with zero attached hydrogens (tertiary/aromatic N) is 1. The van der Waals surface area contributed by atoms with Gasteiger partial charge in [-0.05, 0) is 42.0 Å². The van der Waals surface area contributed by atoms with Crippen molar-refractivity contribution in [1.29, 1.82) is 0 Å². The topological polar surface area (TPSA) is 106 Å². The van der Waals surface area contributed by atoms with Gasteiger partial charge in [-0.1, -0.05) is 18.2 Å². The Morgan fingerprint density at radius 1 is 1.04 bits per heavy atom. The van der Waals surface area contributed by atoms with Gasteiger partial charge in [-0.3, -0.25) is 9.71 Å². The van der Waals surface area contributed by atoms with Gasteiger partial charge in [-0.25, -0.2) is 8.42 Å². The van der Waals surface area contributed by atoms with Gasteiger partial charge in [0.2, 0.25) is 0 Å². The van der Waals surface area contributed by atoms with E-state index in [1.54, 1.807) is 54.9 Å². The molecule has 1 aromatic heterocycles. The van der Waals surface area contributed by atoms with Crippen molar-refractivity contribution in [1.82, 2.24) is 4.98 Å². The number of ether oxygens (including phenoxy) is 1. The molecular formula is C20H22N4O3S. The second-order valence-electron chi connectivity index (χ2n) is 6.01. The summed E-state index contributed by atoms with van der Waals surface area (Å²) in [6.07, 6.45) is 3.34. The number of rotatable bonds is 8. The van der Waals surface area contributed by atoms with Crippen LogP contribution in [0.3, 0.4) is 0 Å². The Bertz CT molecular complexity index is 1040. The van der Waals surface area contributed by atoms with E-state index >= 15 is 0 Å². The van der Waals surface area contributed by atoms with Gasteiger partial charge in [0.1, 0.15) is 10.6 Å². The predicted octanol–water partition coefficient (Wildman–Crippen LogP) is 2.93. The van der Waals surface area contributed by atoms with E-state index in [9.17, 15) is 8.42 Å².